The van der Waals surface area contributed by atoms with Gasteiger partial charge in [-0.15, -0.1) is 0 Å². The first-order chi connectivity index (χ1) is 14.5. The van der Waals surface area contributed by atoms with Crippen LogP contribution >= 0.6 is 0 Å². The predicted molar refractivity (Wildman–Crippen MR) is 114 cm³/mol. The summed E-state index contributed by atoms with van der Waals surface area (Å²) < 4.78 is 12.7. The second-order valence-electron chi connectivity index (χ2n) is 7.27. The molecule has 0 amide bonds. The van der Waals surface area contributed by atoms with E-state index in [-0.39, 0.29) is 12.1 Å². The van der Waals surface area contributed by atoms with Crippen molar-refractivity contribution in [2.24, 2.45) is 7.05 Å². The van der Waals surface area contributed by atoms with Crippen LogP contribution in [0.15, 0.2) is 27.6 Å². The third-order valence-corrected chi connectivity index (χ3v) is 4.93. The second-order valence-corrected chi connectivity index (χ2v) is 7.27. The van der Waals surface area contributed by atoms with Crippen molar-refractivity contribution in [2.75, 3.05) is 18.2 Å². The number of fused-ring (bicyclic) bond motifs is 1. The number of aromatic amines is 1. The quantitative estimate of drug-likeness (QED) is 0.635. The summed E-state index contributed by atoms with van der Waals surface area (Å²) in [4.78, 5) is 15.9. The summed E-state index contributed by atoms with van der Waals surface area (Å²) in [6.07, 6.45) is 6.13. The van der Waals surface area contributed by atoms with Crippen LogP contribution in [0.2, 0.25) is 0 Å². The fourth-order valence-corrected chi connectivity index (χ4v) is 3.62. The van der Waals surface area contributed by atoms with E-state index in [1.807, 2.05) is 19.1 Å². The Kier molecular flexibility index (Phi) is 5.45. The minimum atomic E-state index is -0.329. The van der Waals surface area contributed by atoms with E-state index in [0.717, 1.165) is 41.2 Å². The van der Waals surface area contributed by atoms with Crippen LogP contribution in [0.25, 0.3) is 23.0 Å². The molecule has 1 aliphatic rings. The smallest absolute Gasteiger partial charge is 0.280 e. The average molecular weight is 410 g/mol. The number of hydrogen-bond acceptors (Lipinski definition) is 7. The monoisotopic (exact) mass is 410 g/mol. The van der Waals surface area contributed by atoms with Crippen LogP contribution in [0.5, 0.6) is 5.88 Å². The van der Waals surface area contributed by atoms with Crippen molar-refractivity contribution in [3.05, 3.63) is 50.7 Å². The van der Waals surface area contributed by atoms with Crippen LogP contribution in [-0.2, 0) is 13.5 Å². The number of aryl methyl sites for hydroxylation is 2. The number of hydrogen-bond donors (Lipinski definition) is 1. The highest BCUT2D eigenvalue weighted by atomic mass is 16.5. The Balaban J connectivity index is 1.84. The van der Waals surface area contributed by atoms with Gasteiger partial charge in [0.25, 0.3) is 5.56 Å². The Bertz CT molecular complexity index is 1140. The number of aromatic nitrogens is 4. The molecule has 0 spiro atoms. The van der Waals surface area contributed by atoms with E-state index in [4.69, 9.17) is 9.26 Å². The molecule has 0 unspecified atom stereocenters. The molecule has 0 atom stereocenters. The minimum absolute atomic E-state index is 0.142. The highest BCUT2D eigenvalue weighted by Crippen LogP contribution is 2.38. The molecule has 0 aromatic carbocycles. The van der Waals surface area contributed by atoms with Gasteiger partial charge in [-0.05, 0) is 30.6 Å². The van der Waals surface area contributed by atoms with Gasteiger partial charge in [-0.3, -0.25) is 9.48 Å². The van der Waals surface area contributed by atoms with Crippen molar-refractivity contribution in [3.63, 3.8) is 0 Å². The van der Waals surface area contributed by atoms with Crippen LogP contribution in [-0.4, -0.2) is 33.1 Å². The lowest BCUT2D eigenvalue weighted by Gasteiger charge is -2.35. The van der Waals surface area contributed by atoms with Crippen LogP contribution in [0, 0.1) is 5.21 Å². The molecule has 30 heavy (non-hydrogen) atoms. The van der Waals surface area contributed by atoms with Gasteiger partial charge in [-0.25, -0.2) is 4.98 Å². The van der Waals surface area contributed by atoms with Gasteiger partial charge in [0.1, 0.15) is 5.82 Å². The fourth-order valence-electron chi connectivity index (χ4n) is 3.62. The zero-order valence-corrected chi connectivity index (χ0v) is 17.3. The summed E-state index contributed by atoms with van der Waals surface area (Å²) >= 11 is 0. The van der Waals surface area contributed by atoms with E-state index in [0.29, 0.717) is 35.2 Å². The van der Waals surface area contributed by atoms with Crippen LogP contribution in [0.1, 0.15) is 43.5 Å². The first-order valence-corrected chi connectivity index (χ1v) is 10.0. The van der Waals surface area contributed by atoms with Crippen molar-refractivity contribution in [1.82, 2.24) is 19.9 Å². The van der Waals surface area contributed by atoms with E-state index >= 15 is 0 Å². The maximum Gasteiger partial charge on any atom is 0.280 e. The molecule has 3 aromatic rings. The SMILES string of the molecule is CCCOc1ncc(-c2cc(=O)[nH]o2)cc1C1=Cc2c(CCC)nn(C)c2N([O-])C1. The third kappa shape index (κ3) is 3.63. The summed E-state index contributed by atoms with van der Waals surface area (Å²) in [5.74, 6) is 1.38. The highest BCUT2D eigenvalue weighted by molar-refractivity contribution is 5.93. The number of anilines is 1. The molecule has 9 nitrogen and oxygen atoms in total. The topological polar surface area (TPSA) is 112 Å². The number of hydroxylamine groups is 1. The highest BCUT2D eigenvalue weighted by Gasteiger charge is 2.24. The number of nitrogens with zero attached hydrogens (tertiary/aromatic N) is 4. The van der Waals surface area contributed by atoms with Crippen molar-refractivity contribution in [1.29, 1.82) is 0 Å². The number of nitrogens with one attached hydrogen (secondary N) is 1. The molecule has 1 aliphatic heterocycles. The van der Waals surface area contributed by atoms with Gasteiger partial charge in [0.05, 0.1) is 18.4 Å². The summed E-state index contributed by atoms with van der Waals surface area (Å²) in [6, 6.07) is 3.20. The standard InChI is InChI=1S/C21H24N5O4/c1-4-6-17-16-9-14(12-26(28)21(16)25(3)23-17)15-8-13(18-10-19(27)24-30-18)11-22-20(15)29-7-5-2/h8-11H,4-7,12H2,1-3H3,(H,24,27)/q-1. The lowest BCUT2D eigenvalue weighted by atomic mass is 9.98. The minimum Gasteiger partial charge on any atom is -0.757 e. The van der Waals surface area contributed by atoms with Gasteiger partial charge < -0.3 is 19.5 Å². The van der Waals surface area contributed by atoms with Crippen molar-refractivity contribution in [2.45, 2.75) is 33.1 Å². The summed E-state index contributed by atoms with van der Waals surface area (Å²) in [6.45, 7) is 4.74. The molecule has 4 rings (SSSR count). The van der Waals surface area contributed by atoms with E-state index in [2.05, 4.69) is 22.2 Å². The van der Waals surface area contributed by atoms with Crippen molar-refractivity contribution < 1.29 is 9.26 Å². The molecule has 0 fully saturated rings. The Labute approximate surface area is 173 Å². The third-order valence-electron chi connectivity index (χ3n) is 4.93. The molecule has 0 saturated carbocycles. The maximum atomic E-state index is 12.9. The summed E-state index contributed by atoms with van der Waals surface area (Å²) in [5, 5.41) is 20.6. The molecular weight excluding hydrogens is 386 g/mol. The normalized spacial score (nSPS) is 13.3. The second kappa shape index (κ2) is 8.19. The first kappa shape index (κ1) is 20.0. The molecular formula is C21H24N5O4-. The lowest BCUT2D eigenvalue weighted by molar-refractivity contribution is 0.304. The number of pyridine rings is 1. The fraction of sp³-hybridized carbons (Fsp3) is 0.381. The first-order valence-electron chi connectivity index (χ1n) is 10.0. The van der Waals surface area contributed by atoms with Crippen LogP contribution < -0.4 is 15.4 Å². The Morgan fingerprint density at radius 3 is 2.83 bits per heavy atom. The van der Waals surface area contributed by atoms with Gasteiger partial charge >= 0.3 is 0 Å². The molecule has 9 heteroatoms. The Morgan fingerprint density at radius 2 is 2.13 bits per heavy atom. The molecule has 0 saturated heterocycles. The van der Waals surface area contributed by atoms with Gasteiger partial charge in [0.15, 0.2) is 5.76 Å². The van der Waals surface area contributed by atoms with Crippen molar-refractivity contribution in [3.8, 4) is 17.2 Å². The number of rotatable bonds is 7. The van der Waals surface area contributed by atoms with Crippen LogP contribution in [0.3, 0.4) is 0 Å². The van der Waals surface area contributed by atoms with Crippen molar-refractivity contribution >= 4 is 17.5 Å². The van der Waals surface area contributed by atoms with Gasteiger partial charge in [-0.2, -0.15) is 10.3 Å². The summed E-state index contributed by atoms with van der Waals surface area (Å²) in [7, 11) is 1.79. The van der Waals surface area contributed by atoms with Gasteiger partial charge in [-0.1, -0.05) is 20.3 Å². The summed E-state index contributed by atoms with van der Waals surface area (Å²) in [5.41, 5.74) is 3.49. The number of H-pyrrole nitrogens is 1. The molecule has 0 radical (unpaired) electrons. The maximum absolute atomic E-state index is 12.9. The van der Waals surface area contributed by atoms with Gasteiger partial charge in [0.2, 0.25) is 5.88 Å². The number of ether oxygens (including phenoxy) is 1. The van der Waals surface area contributed by atoms with E-state index in [1.165, 1.54) is 6.07 Å². The molecule has 1 N–H and O–H groups in total. The molecule has 4 heterocycles. The lowest BCUT2D eigenvalue weighted by Crippen LogP contribution is -2.24. The van der Waals surface area contributed by atoms with E-state index in [9.17, 15) is 10.0 Å². The Hall–Kier alpha value is -3.33. The van der Waals surface area contributed by atoms with Gasteiger partial charge in [0, 0.05) is 36.5 Å². The largest absolute Gasteiger partial charge is 0.757 e. The molecule has 158 valence electrons. The predicted octanol–water partition coefficient (Wildman–Crippen LogP) is 3.36. The Morgan fingerprint density at radius 1 is 1.30 bits per heavy atom. The molecule has 0 aliphatic carbocycles. The molecule has 0 bridgehead atoms. The average Bonchev–Trinajstić information content (AvgIpc) is 3.30. The van der Waals surface area contributed by atoms with Crippen LogP contribution in [0.4, 0.5) is 5.82 Å². The molecule has 3 aromatic heterocycles. The zero-order valence-electron chi connectivity index (χ0n) is 17.3. The van der Waals surface area contributed by atoms with E-state index < -0.39 is 0 Å². The zero-order chi connectivity index (χ0) is 21.3. The van der Waals surface area contributed by atoms with E-state index in [1.54, 1.807) is 17.9 Å².